The Morgan fingerprint density at radius 1 is 1.65 bits per heavy atom. The summed E-state index contributed by atoms with van der Waals surface area (Å²) in [6.45, 7) is 2.65. The Bertz CT molecular complexity index is 405. The molecule has 2 unspecified atom stereocenters. The van der Waals surface area contributed by atoms with E-state index in [0.717, 1.165) is 19.4 Å². The standard InChI is InChI=1S/C10H17N5O2/c1-6(12-2)9-13-14-10(17-9)15-5-3-4-7(15)8(11)16/h6-7,12H,3-5H2,1-2H3,(H2,11,16). The van der Waals surface area contributed by atoms with Gasteiger partial charge in [-0.15, -0.1) is 5.10 Å². The van der Waals surface area contributed by atoms with Gasteiger partial charge in [0.2, 0.25) is 11.8 Å². The van der Waals surface area contributed by atoms with Crippen LogP contribution in [0.1, 0.15) is 31.7 Å². The molecule has 2 atom stereocenters. The second-order valence-electron chi connectivity index (χ2n) is 4.19. The predicted octanol–water partition coefficient (Wildman–Crippen LogP) is -0.196. The number of nitrogens with one attached hydrogen (secondary N) is 1. The first-order valence-corrected chi connectivity index (χ1v) is 5.70. The molecule has 1 amide bonds. The van der Waals surface area contributed by atoms with E-state index >= 15 is 0 Å². The van der Waals surface area contributed by atoms with Crippen molar-refractivity contribution < 1.29 is 9.21 Å². The van der Waals surface area contributed by atoms with Crippen molar-refractivity contribution in [3.8, 4) is 0 Å². The smallest absolute Gasteiger partial charge is 0.318 e. The van der Waals surface area contributed by atoms with Gasteiger partial charge < -0.3 is 20.4 Å². The second-order valence-corrected chi connectivity index (χ2v) is 4.19. The number of hydrogen-bond donors (Lipinski definition) is 2. The number of hydrogen-bond acceptors (Lipinski definition) is 6. The van der Waals surface area contributed by atoms with Crippen LogP contribution in [0.5, 0.6) is 0 Å². The summed E-state index contributed by atoms with van der Waals surface area (Å²) in [6, 6.07) is 0.0440. The molecule has 3 N–H and O–H groups in total. The highest BCUT2D eigenvalue weighted by atomic mass is 16.4. The predicted molar refractivity (Wildman–Crippen MR) is 61.3 cm³/mol. The summed E-state index contributed by atoms with van der Waals surface area (Å²) >= 11 is 0. The second kappa shape index (κ2) is 4.70. The molecule has 7 heteroatoms. The highest BCUT2D eigenvalue weighted by Gasteiger charge is 2.32. The monoisotopic (exact) mass is 239 g/mol. The first-order valence-electron chi connectivity index (χ1n) is 5.70. The lowest BCUT2D eigenvalue weighted by molar-refractivity contribution is -0.119. The molecule has 1 fully saturated rings. The van der Waals surface area contributed by atoms with E-state index in [9.17, 15) is 4.79 Å². The zero-order valence-corrected chi connectivity index (χ0v) is 10.0. The number of aromatic nitrogens is 2. The molecule has 0 aromatic carbocycles. The first kappa shape index (κ1) is 11.8. The summed E-state index contributed by atoms with van der Waals surface area (Å²) < 4.78 is 5.53. The number of anilines is 1. The third-order valence-electron chi connectivity index (χ3n) is 3.06. The molecule has 0 bridgehead atoms. The van der Waals surface area contributed by atoms with Gasteiger partial charge >= 0.3 is 6.01 Å². The maximum Gasteiger partial charge on any atom is 0.318 e. The number of rotatable bonds is 4. The van der Waals surface area contributed by atoms with E-state index in [1.165, 1.54) is 0 Å². The van der Waals surface area contributed by atoms with E-state index in [0.29, 0.717) is 11.9 Å². The molecule has 0 spiro atoms. The number of nitrogens with zero attached hydrogens (tertiary/aromatic N) is 3. The van der Waals surface area contributed by atoms with Gasteiger partial charge in [-0.05, 0) is 26.8 Å². The van der Waals surface area contributed by atoms with Gasteiger partial charge in [0.15, 0.2) is 0 Å². The van der Waals surface area contributed by atoms with Crippen molar-refractivity contribution >= 4 is 11.9 Å². The van der Waals surface area contributed by atoms with Gasteiger partial charge in [0.05, 0.1) is 6.04 Å². The number of amides is 1. The number of nitrogens with two attached hydrogens (primary N) is 1. The van der Waals surface area contributed by atoms with Crippen molar-refractivity contribution in [3.63, 3.8) is 0 Å². The molecule has 1 aliphatic heterocycles. The van der Waals surface area contributed by atoms with Gasteiger partial charge in [-0.25, -0.2) is 0 Å². The Morgan fingerprint density at radius 2 is 2.41 bits per heavy atom. The van der Waals surface area contributed by atoms with Gasteiger partial charge in [-0.3, -0.25) is 4.79 Å². The topological polar surface area (TPSA) is 97.3 Å². The van der Waals surface area contributed by atoms with Crippen molar-refractivity contribution in [2.45, 2.75) is 31.8 Å². The van der Waals surface area contributed by atoms with Crippen LogP contribution in [-0.2, 0) is 4.79 Å². The molecule has 0 aliphatic carbocycles. The number of primary amides is 1. The van der Waals surface area contributed by atoms with Gasteiger partial charge in [0.1, 0.15) is 6.04 Å². The van der Waals surface area contributed by atoms with E-state index < -0.39 is 0 Å². The SMILES string of the molecule is CNC(C)c1nnc(N2CCCC2C(N)=O)o1. The molecule has 2 rings (SSSR count). The number of carbonyl (C=O) groups is 1. The molecule has 1 aliphatic rings. The van der Waals surface area contributed by atoms with Gasteiger partial charge in [-0.2, -0.15) is 0 Å². The Morgan fingerprint density at radius 3 is 3.06 bits per heavy atom. The fraction of sp³-hybridized carbons (Fsp3) is 0.700. The lowest BCUT2D eigenvalue weighted by Gasteiger charge is -2.18. The minimum absolute atomic E-state index is 0.00844. The van der Waals surface area contributed by atoms with E-state index in [4.69, 9.17) is 10.2 Å². The van der Waals surface area contributed by atoms with E-state index in [-0.39, 0.29) is 18.0 Å². The van der Waals surface area contributed by atoms with Crippen molar-refractivity contribution in [2.24, 2.45) is 5.73 Å². The molecular weight excluding hydrogens is 222 g/mol. The fourth-order valence-corrected chi connectivity index (χ4v) is 1.93. The maximum absolute atomic E-state index is 11.3. The number of carbonyl (C=O) groups excluding carboxylic acids is 1. The van der Waals surface area contributed by atoms with Crippen LogP contribution in [0, 0.1) is 0 Å². The molecular formula is C10H17N5O2. The van der Waals surface area contributed by atoms with Crippen molar-refractivity contribution in [3.05, 3.63) is 5.89 Å². The summed E-state index contributed by atoms with van der Waals surface area (Å²) in [5.41, 5.74) is 5.34. The Kier molecular flexibility index (Phi) is 3.28. The summed E-state index contributed by atoms with van der Waals surface area (Å²) in [7, 11) is 1.82. The zero-order valence-electron chi connectivity index (χ0n) is 10.0. The lowest BCUT2D eigenvalue weighted by atomic mass is 10.2. The molecule has 1 aromatic rings. The zero-order chi connectivity index (χ0) is 12.4. The molecule has 2 heterocycles. The van der Waals surface area contributed by atoms with Gasteiger partial charge in [0, 0.05) is 6.54 Å². The van der Waals surface area contributed by atoms with Crippen LogP contribution in [0.4, 0.5) is 6.01 Å². The molecule has 1 saturated heterocycles. The van der Waals surface area contributed by atoms with Crippen LogP contribution in [0.2, 0.25) is 0 Å². The van der Waals surface area contributed by atoms with Crippen LogP contribution in [0.15, 0.2) is 4.42 Å². The molecule has 7 nitrogen and oxygen atoms in total. The van der Waals surface area contributed by atoms with Crippen molar-refractivity contribution in [2.75, 3.05) is 18.5 Å². The summed E-state index contributed by atoms with van der Waals surface area (Å²) in [5.74, 6) is 0.168. The van der Waals surface area contributed by atoms with Gasteiger partial charge in [0.25, 0.3) is 0 Å². The quantitative estimate of drug-likeness (QED) is 0.755. The van der Waals surface area contributed by atoms with Crippen molar-refractivity contribution in [1.82, 2.24) is 15.5 Å². The summed E-state index contributed by atoms with van der Waals surface area (Å²) in [5, 5.41) is 10.9. The van der Waals surface area contributed by atoms with E-state index in [1.807, 2.05) is 14.0 Å². The molecule has 0 radical (unpaired) electrons. The van der Waals surface area contributed by atoms with Crippen LogP contribution < -0.4 is 16.0 Å². The van der Waals surface area contributed by atoms with Crippen LogP contribution in [0.3, 0.4) is 0 Å². The molecule has 1 aromatic heterocycles. The largest absolute Gasteiger partial charge is 0.406 e. The Labute approximate surface area is 99.4 Å². The van der Waals surface area contributed by atoms with E-state index in [2.05, 4.69) is 15.5 Å². The average molecular weight is 239 g/mol. The summed E-state index contributed by atoms with van der Waals surface area (Å²) in [4.78, 5) is 13.0. The minimum Gasteiger partial charge on any atom is -0.406 e. The van der Waals surface area contributed by atoms with Gasteiger partial charge in [-0.1, -0.05) is 5.10 Å². The van der Waals surface area contributed by atoms with Crippen molar-refractivity contribution in [1.29, 1.82) is 0 Å². The Hall–Kier alpha value is -1.63. The average Bonchev–Trinajstić information content (AvgIpc) is 2.95. The highest BCUT2D eigenvalue weighted by Crippen LogP contribution is 2.25. The minimum atomic E-state index is -0.344. The normalized spacial score (nSPS) is 21.8. The molecule has 0 saturated carbocycles. The third-order valence-corrected chi connectivity index (χ3v) is 3.06. The molecule has 17 heavy (non-hydrogen) atoms. The fourth-order valence-electron chi connectivity index (χ4n) is 1.93. The highest BCUT2D eigenvalue weighted by molar-refractivity contribution is 5.83. The summed E-state index contributed by atoms with van der Waals surface area (Å²) in [6.07, 6.45) is 1.65. The van der Waals surface area contributed by atoms with Crippen LogP contribution in [0.25, 0.3) is 0 Å². The Balaban J connectivity index is 2.17. The van der Waals surface area contributed by atoms with E-state index in [1.54, 1.807) is 4.90 Å². The van der Waals surface area contributed by atoms with Crippen LogP contribution in [-0.4, -0.2) is 35.7 Å². The third kappa shape index (κ3) is 2.23. The molecule has 94 valence electrons. The van der Waals surface area contributed by atoms with Crippen LogP contribution >= 0.6 is 0 Å². The maximum atomic E-state index is 11.3. The lowest BCUT2D eigenvalue weighted by Crippen LogP contribution is -2.40. The first-order chi connectivity index (χ1) is 8.13.